The summed E-state index contributed by atoms with van der Waals surface area (Å²) in [5.41, 5.74) is 0.973. The lowest BCUT2D eigenvalue weighted by Gasteiger charge is -2.32. The number of nitrogens with zero attached hydrogens (tertiary/aromatic N) is 3. The number of thioether (sulfide) groups is 1. The molecule has 2 N–H and O–H groups in total. The molecule has 1 amide bonds. The van der Waals surface area contributed by atoms with Gasteiger partial charge in [-0.1, -0.05) is 12.1 Å². The molecule has 9 nitrogen and oxygen atoms in total. The van der Waals surface area contributed by atoms with E-state index < -0.39 is 4.92 Å². The Morgan fingerprint density at radius 1 is 1.34 bits per heavy atom. The molecule has 10 heteroatoms. The van der Waals surface area contributed by atoms with Gasteiger partial charge in [-0.3, -0.25) is 10.1 Å². The lowest BCUT2D eigenvalue weighted by atomic mass is 10.1. The van der Waals surface area contributed by atoms with Crippen molar-refractivity contribution in [2.75, 3.05) is 38.2 Å². The molecule has 0 aromatic heterocycles. The van der Waals surface area contributed by atoms with Gasteiger partial charge in [0.05, 0.1) is 18.1 Å². The molecule has 0 bridgehead atoms. The number of hydrogen-bond donors (Lipinski definition) is 2. The summed E-state index contributed by atoms with van der Waals surface area (Å²) in [4.78, 5) is 28.6. The Hall–Kier alpha value is -2.49. The van der Waals surface area contributed by atoms with E-state index >= 15 is 0 Å². The van der Waals surface area contributed by atoms with E-state index in [2.05, 4.69) is 15.6 Å². The van der Waals surface area contributed by atoms with Gasteiger partial charge in [0, 0.05) is 43.6 Å². The molecule has 1 saturated heterocycles. The van der Waals surface area contributed by atoms with E-state index in [4.69, 9.17) is 4.74 Å². The van der Waals surface area contributed by atoms with Crippen molar-refractivity contribution < 1.29 is 14.5 Å². The molecule has 0 atom stereocenters. The Kier molecular flexibility index (Phi) is 9.55. The van der Waals surface area contributed by atoms with E-state index in [1.54, 1.807) is 35.7 Å². The zero-order valence-corrected chi connectivity index (χ0v) is 17.7. The van der Waals surface area contributed by atoms with Gasteiger partial charge >= 0.3 is 6.09 Å². The minimum Gasteiger partial charge on any atom is -0.450 e. The number of amides is 1. The maximum Gasteiger partial charge on any atom is 0.409 e. The number of hydrogen-bond acceptors (Lipinski definition) is 6. The minimum atomic E-state index is -0.410. The Balaban J connectivity index is 1.92. The smallest absolute Gasteiger partial charge is 0.409 e. The van der Waals surface area contributed by atoms with Crippen LogP contribution in [0.5, 0.6) is 0 Å². The number of aliphatic imine (C=N–C) groups is 1. The van der Waals surface area contributed by atoms with Crippen LogP contribution >= 0.6 is 11.8 Å². The zero-order valence-electron chi connectivity index (χ0n) is 16.9. The third-order valence-corrected chi connectivity index (χ3v) is 5.14. The Labute approximate surface area is 175 Å². The number of ether oxygens (including phenoxy) is 1. The van der Waals surface area contributed by atoms with E-state index in [-0.39, 0.29) is 17.8 Å². The first kappa shape index (κ1) is 22.8. The van der Waals surface area contributed by atoms with Gasteiger partial charge in [0.15, 0.2) is 5.96 Å². The largest absolute Gasteiger partial charge is 0.450 e. The fourth-order valence-electron chi connectivity index (χ4n) is 2.93. The van der Waals surface area contributed by atoms with Gasteiger partial charge in [-0.05, 0) is 31.6 Å². The second-order valence-corrected chi connectivity index (χ2v) is 7.60. The topological polar surface area (TPSA) is 109 Å². The molecule has 1 aliphatic rings. The summed E-state index contributed by atoms with van der Waals surface area (Å²) in [5.74, 6) is 1.67. The summed E-state index contributed by atoms with van der Waals surface area (Å²) in [6, 6.07) is 6.64. The second kappa shape index (κ2) is 12.2. The van der Waals surface area contributed by atoms with Gasteiger partial charge in [-0.15, -0.1) is 0 Å². The summed E-state index contributed by atoms with van der Waals surface area (Å²) in [6.45, 7) is 4.70. The average Bonchev–Trinajstić information content (AvgIpc) is 2.73. The summed E-state index contributed by atoms with van der Waals surface area (Å²) >= 11 is 1.75. The SMILES string of the molecule is CCOC(=O)N1CCC(NC(=NCc2ccc([N+](=O)[O-])cc2)NCCSC)CC1. The monoisotopic (exact) mass is 423 g/mol. The highest BCUT2D eigenvalue weighted by molar-refractivity contribution is 7.98. The van der Waals surface area contributed by atoms with Crippen molar-refractivity contribution in [3.05, 3.63) is 39.9 Å². The van der Waals surface area contributed by atoms with Gasteiger partial charge in [-0.2, -0.15) is 11.8 Å². The summed E-state index contributed by atoms with van der Waals surface area (Å²) in [6.07, 6.45) is 3.43. The molecule has 0 aliphatic carbocycles. The molecule has 160 valence electrons. The number of non-ortho nitro benzene ring substituents is 1. The predicted octanol–water partition coefficient (Wildman–Crippen LogP) is 2.61. The van der Waals surface area contributed by atoms with Crippen LogP contribution in [-0.4, -0.2) is 66.2 Å². The van der Waals surface area contributed by atoms with E-state index in [1.165, 1.54) is 12.1 Å². The highest BCUT2D eigenvalue weighted by atomic mass is 32.2. The first-order valence-electron chi connectivity index (χ1n) is 9.72. The minimum absolute atomic E-state index is 0.0718. The fraction of sp³-hybridized carbons (Fsp3) is 0.579. The standard InChI is InChI=1S/C19H29N5O4S/c1-3-28-19(25)23-11-8-16(9-12-23)22-18(20-10-13-29-2)21-14-15-4-6-17(7-5-15)24(26)27/h4-7,16H,3,8-14H2,1-2H3,(H2,20,21,22). The fourth-order valence-corrected chi connectivity index (χ4v) is 3.24. The molecule has 2 rings (SSSR count). The van der Waals surface area contributed by atoms with Crippen LogP contribution in [0.1, 0.15) is 25.3 Å². The Bertz CT molecular complexity index is 690. The van der Waals surface area contributed by atoms with Gasteiger partial charge < -0.3 is 20.3 Å². The van der Waals surface area contributed by atoms with Crippen molar-refractivity contribution in [1.82, 2.24) is 15.5 Å². The van der Waals surface area contributed by atoms with E-state index in [0.29, 0.717) is 32.2 Å². The number of carbonyl (C=O) groups excluding carboxylic acids is 1. The summed E-state index contributed by atoms with van der Waals surface area (Å²) < 4.78 is 5.06. The van der Waals surface area contributed by atoms with Crippen LogP contribution in [0.2, 0.25) is 0 Å². The number of nitro benzene ring substituents is 1. The van der Waals surface area contributed by atoms with Gasteiger partial charge in [0.1, 0.15) is 0 Å². The van der Waals surface area contributed by atoms with Crippen molar-refractivity contribution in [3.63, 3.8) is 0 Å². The number of carbonyl (C=O) groups is 1. The number of rotatable bonds is 8. The van der Waals surface area contributed by atoms with Crippen molar-refractivity contribution in [2.24, 2.45) is 4.99 Å². The van der Waals surface area contributed by atoms with E-state index in [1.807, 2.05) is 6.26 Å². The molecule has 1 aliphatic heterocycles. The summed E-state index contributed by atoms with van der Waals surface area (Å²) in [7, 11) is 0. The van der Waals surface area contributed by atoms with Gasteiger partial charge in [0.2, 0.25) is 0 Å². The predicted molar refractivity (Wildman–Crippen MR) is 115 cm³/mol. The molecule has 0 saturated carbocycles. The maximum absolute atomic E-state index is 11.8. The van der Waals surface area contributed by atoms with Crippen LogP contribution in [0.15, 0.2) is 29.3 Å². The van der Waals surface area contributed by atoms with Crippen LogP contribution in [0.25, 0.3) is 0 Å². The number of benzene rings is 1. The first-order valence-corrected chi connectivity index (χ1v) is 11.1. The highest BCUT2D eigenvalue weighted by Gasteiger charge is 2.24. The summed E-state index contributed by atoms with van der Waals surface area (Å²) in [5, 5.41) is 17.5. The van der Waals surface area contributed by atoms with Crippen molar-refractivity contribution >= 4 is 29.5 Å². The molecule has 0 unspecified atom stereocenters. The Morgan fingerprint density at radius 3 is 2.62 bits per heavy atom. The van der Waals surface area contributed by atoms with Crippen LogP contribution in [0.3, 0.4) is 0 Å². The van der Waals surface area contributed by atoms with Crippen LogP contribution in [0.4, 0.5) is 10.5 Å². The lowest BCUT2D eigenvalue weighted by molar-refractivity contribution is -0.384. The van der Waals surface area contributed by atoms with Crippen molar-refractivity contribution in [3.8, 4) is 0 Å². The average molecular weight is 424 g/mol. The zero-order chi connectivity index (χ0) is 21.1. The van der Waals surface area contributed by atoms with E-state index in [0.717, 1.165) is 30.7 Å². The van der Waals surface area contributed by atoms with Gasteiger partial charge in [0.25, 0.3) is 5.69 Å². The molecule has 1 aromatic rings. The molecular formula is C19H29N5O4S. The number of nitrogens with one attached hydrogen (secondary N) is 2. The maximum atomic E-state index is 11.8. The quantitative estimate of drug-likeness (QED) is 0.217. The number of guanidine groups is 1. The normalized spacial score (nSPS) is 15.1. The molecule has 0 spiro atoms. The number of nitro groups is 1. The molecule has 1 heterocycles. The molecule has 29 heavy (non-hydrogen) atoms. The van der Waals surface area contributed by atoms with Crippen LogP contribution in [0, 0.1) is 10.1 Å². The highest BCUT2D eigenvalue weighted by Crippen LogP contribution is 2.13. The first-order chi connectivity index (χ1) is 14.0. The second-order valence-electron chi connectivity index (χ2n) is 6.61. The molecule has 1 aromatic carbocycles. The lowest BCUT2D eigenvalue weighted by Crippen LogP contribution is -2.50. The Morgan fingerprint density at radius 2 is 2.03 bits per heavy atom. The molecule has 0 radical (unpaired) electrons. The molecule has 1 fully saturated rings. The van der Waals surface area contributed by atoms with Gasteiger partial charge in [-0.25, -0.2) is 9.79 Å². The number of likely N-dealkylation sites (tertiary alicyclic amines) is 1. The number of piperidine rings is 1. The third-order valence-electron chi connectivity index (χ3n) is 4.53. The van der Waals surface area contributed by atoms with Crippen molar-refractivity contribution in [2.45, 2.75) is 32.4 Å². The van der Waals surface area contributed by atoms with Crippen LogP contribution < -0.4 is 10.6 Å². The molecular weight excluding hydrogens is 394 g/mol. The van der Waals surface area contributed by atoms with E-state index in [9.17, 15) is 14.9 Å². The third kappa shape index (κ3) is 7.80. The van der Waals surface area contributed by atoms with Crippen LogP contribution in [-0.2, 0) is 11.3 Å². The van der Waals surface area contributed by atoms with Crippen molar-refractivity contribution in [1.29, 1.82) is 0 Å².